The molecule has 1 aliphatic rings. The number of ether oxygens (including phenoxy) is 1. The molecule has 0 radical (unpaired) electrons. The predicted molar refractivity (Wildman–Crippen MR) is 105 cm³/mol. The van der Waals surface area contributed by atoms with Gasteiger partial charge in [0.2, 0.25) is 0 Å². The first-order valence-corrected chi connectivity index (χ1v) is 10.1. The van der Waals surface area contributed by atoms with Gasteiger partial charge in [-0.25, -0.2) is 0 Å². The zero-order valence-corrected chi connectivity index (χ0v) is 16.2. The van der Waals surface area contributed by atoms with Crippen molar-refractivity contribution in [1.29, 1.82) is 0 Å². The number of anilines is 1. The molecule has 1 heterocycles. The number of ketones is 1. The van der Waals surface area contributed by atoms with Gasteiger partial charge in [0, 0.05) is 16.9 Å². The highest BCUT2D eigenvalue weighted by atomic mass is 32.1. The molecule has 1 amide bonds. The van der Waals surface area contributed by atoms with Crippen molar-refractivity contribution in [3.63, 3.8) is 0 Å². The Hall–Kier alpha value is -2.47. The van der Waals surface area contributed by atoms with Crippen LogP contribution in [-0.2, 0) is 27.2 Å². The number of nitrogens with one attached hydrogen (secondary N) is 1. The second-order valence-electron chi connectivity index (χ2n) is 6.57. The van der Waals surface area contributed by atoms with Crippen molar-refractivity contribution in [3.05, 3.63) is 51.9 Å². The average molecular weight is 385 g/mol. The van der Waals surface area contributed by atoms with Crippen molar-refractivity contribution in [2.45, 2.75) is 45.4 Å². The molecule has 0 saturated carbocycles. The molecule has 1 aromatic heterocycles. The molecule has 5 nitrogen and oxygen atoms in total. The van der Waals surface area contributed by atoms with Gasteiger partial charge in [0.05, 0.1) is 5.56 Å². The fourth-order valence-electron chi connectivity index (χ4n) is 3.21. The van der Waals surface area contributed by atoms with Crippen molar-refractivity contribution in [2.75, 3.05) is 11.9 Å². The van der Waals surface area contributed by atoms with E-state index in [9.17, 15) is 14.4 Å². The van der Waals surface area contributed by atoms with E-state index in [1.807, 2.05) is 25.1 Å². The van der Waals surface area contributed by atoms with Gasteiger partial charge in [-0.2, -0.15) is 0 Å². The number of aryl methyl sites for hydroxylation is 1. The highest BCUT2D eigenvalue weighted by molar-refractivity contribution is 7.17. The topological polar surface area (TPSA) is 72.5 Å². The zero-order chi connectivity index (χ0) is 19.2. The zero-order valence-electron chi connectivity index (χ0n) is 15.4. The maximum atomic E-state index is 13.1. The molecule has 0 unspecified atom stereocenters. The van der Waals surface area contributed by atoms with Crippen LogP contribution in [0.2, 0.25) is 0 Å². The Bertz CT molecular complexity index is 841. The molecule has 0 bridgehead atoms. The molecule has 1 aliphatic carbocycles. The first kappa shape index (κ1) is 19.3. The predicted octanol–water partition coefficient (Wildman–Crippen LogP) is 4.14. The van der Waals surface area contributed by atoms with E-state index in [4.69, 9.17) is 4.74 Å². The van der Waals surface area contributed by atoms with Crippen LogP contribution in [0.15, 0.2) is 30.3 Å². The summed E-state index contributed by atoms with van der Waals surface area (Å²) in [4.78, 5) is 38.0. The van der Waals surface area contributed by atoms with Crippen molar-refractivity contribution >= 4 is 34.0 Å². The van der Waals surface area contributed by atoms with Crippen LogP contribution in [0.25, 0.3) is 0 Å². The number of carbonyl (C=O) groups excluding carboxylic acids is 3. The Kier molecular flexibility index (Phi) is 6.40. The molecule has 2 aromatic rings. The van der Waals surface area contributed by atoms with Crippen LogP contribution < -0.4 is 5.32 Å². The normalized spacial score (nSPS) is 12.9. The number of hydrogen-bond acceptors (Lipinski definition) is 5. The fraction of sp³-hybridized carbons (Fsp3) is 0.381. The Morgan fingerprint density at radius 3 is 2.59 bits per heavy atom. The van der Waals surface area contributed by atoms with Crippen LogP contribution in [0.4, 0.5) is 5.00 Å². The fourth-order valence-corrected chi connectivity index (χ4v) is 4.52. The minimum absolute atomic E-state index is 0.0757. The molecule has 0 aliphatic heterocycles. The second kappa shape index (κ2) is 8.95. The lowest BCUT2D eigenvalue weighted by atomic mass is 9.92. The second-order valence-corrected chi connectivity index (χ2v) is 7.67. The quantitative estimate of drug-likeness (QED) is 0.574. The van der Waals surface area contributed by atoms with E-state index in [0.29, 0.717) is 29.0 Å². The lowest BCUT2D eigenvalue weighted by Crippen LogP contribution is -2.21. The standard InChI is InChI=1S/C21H23NO4S/c1-2-8-18(24)26-13-17(23)22-21-19(15-11-6-7-12-16(15)27-21)20(25)14-9-4-3-5-10-14/h3-5,9-10H,2,6-8,11-13H2,1H3,(H,22,23). The lowest BCUT2D eigenvalue weighted by Gasteiger charge is -2.12. The first-order chi connectivity index (χ1) is 13.1. The van der Waals surface area contributed by atoms with E-state index in [0.717, 1.165) is 31.2 Å². The summed E-state index contributed by atoms with van der Waals surface area (Å²) in [6.07, 6.45) is 4.87. The summed E-state index contributed by atoms with van der Waals surface area (Å²) in [5, 5.41) is 3.36. The number of esters is 1. The Labute approximate surface area is 162 Å². The Balaban J connectivity index is 1.82. The molecular formula is C21H23NO4S. The molecule has 27 heavy (non-hydrogen) atoms. The summed E-state index contributed by atoms with van der Waals surface area (Å²) < 4.78 is 4.97. The number of hydrogen-bond donors (Lipinski definition) is 1. The third-order valence-corrected chi connectivity index (χ3v) is 5.71. The molecule has 3 rings (SSSR count). The maximum absolute atomic E-state index is 13.1. The van der Waals surface area contributed by atoms with E-state index in [-0.39, 0.29) is 12.4 Å². The molecule has 142 valence electrons. The van der Waals surface area contributed by atoms with Gasteiger partial charge in [-0.15, -0.1) is 11.3 Å². The largest absolute Gasteiger partial charge is 0.456 e. The van der Waals surface area contributed by atoms with Crippen LogP contribution in [-0.4, -0.2) is 24.3 Å². The van der Waals surface area contributed by atoms with Crippen molar-refractivity contribution in [2.24, 2.45) is 0 Å². The van der Waals surface area contributed by atoms with Gasteiger partial charge in [0.25, 0.3) is 5.91 Å². The molecule has 0 spiro atoms. The molecule has 0 atom stereocenters. The monoisotopic (exact) mass is 385 g/mol. The van der Waals surface area contributed by atoms with Crippen molar-refractivity contribution in [1.82, 2.24) is 0 Å². The van der Waals surface area contributed by atoms with E-state index < -0.39 is 11.9 Å². The third-order valence-electron chi connectivity index (χ3n) is 4.51. The van der Waals surface area contributed by atoms with Gasteiger partial charge in [-0.1, -0.05) is 37.3 Å². The molecule has 0 fully saturated rings. The van der Waals surface area contributed by atoms with Gasteiger partial charge in [-0.05, 0) is 37.7 Å². The summed E-state index contributed by atoms with van der Waals surface area (Å²) in [6, 6.07) is 9.10. The summed E-state index contributed by atoms with van der Waals surface area (Å²) >= 11 is 1.46. The number of rotatable bonds is 7. The summed E-state index contributed by atoms with van der Waals surface area (Å²) in [6.45, 7) is 1.54. The van der Waals surface area contributed by atoms with Crippen LogP contribution in [0, 0.1) is 0 Å². The number of amides is 1. The van der Waals surface area contributed by atoms with Gasteiger partial charge in [0.1, 0.15) is 5.00 Å². The first-order valence-electron chi connectivity index (χ1n) is 9.30. The number of thiophene rings is 1. The van der Waals surface area contributed by atoms with E-state index in [2.05, 4.69) is 5.32 Å². The van der Waals surface area contributed by atoms with Crippen molar-refractivity contribution in [3.8, 4) is 0 Å². The summed E-state index contributed by atoms with van der Waals surface area (Å²) in [5.41, 5.74) is 2.25. The average Bonchev–Trinajstić information content (AvgIpc) is 3.04. The van der Waals surface area contributed by atoms with Crippen LogP contribution >= 0.6 is 11.3 Å². The molecule has 6 heteroatoms. The van der Waals surface area contributed by atoms with Crippen molar-refractivity contribution < 1.29 is 19.1 Å². The van der Waals surface area contributed by atoms with Crippen LogP contribution in [0.1, 0.15) is 59.0 Å². The molecule has 1 N–H and O–H groups in total. The molecule has 0 saturated heterocycles. The molecular weight excluding hydrogens is 362 g/mol. The van der Waals surface area contributed by atoms with E-state index >= 15 is 0 Å². The number of fused-ring (bicyclic) bond motifs is 1. The Morgan fingerprint density at radius 1 is 1.11 bits per heavy atom. The summed E-state index contributed by atoms with van der Waals surface area (Å²) in [7, 11) is 0. The highest BCUT2D eigenvalue weighted by Gasteiger charge is 2.27. The SMILES string of the molecule is CCCC(=O)OCC(=O)Nc1sc2c(c1C(=O)c1ccccc1)CCCC2. The Morgan fingerprint density at radius 2 is 1.85 bits per heavy atom. The summed E-state index contributed by atoms with van der Waals surface area (Å²) in [5.74, 6) is -0.882. The smallest absolute Gasteiger partial charge is 0.306 e. The van der Waals surface area contributed by atoms with E-state index in [1.165, 1.54) is 16.2 Å². The lowest BCUT2D eigenvalue weighted by molar-refractivity contribution is -0.147. The minimum Gasteiger partial charge on any atom is -0.456 e. The molecule has 1 aromatic carbocycles. The van der Waals surface area contributed by atoms with Gasteiger partial charge in [-0.3, -0.25) is 14.4 Å². The van der Waals surface area contributed by atoms with Crippen LogP contribution in [0.5, 0.6) is 0 Å². The number of benzene rings is 1. The van der Waals surface area contributed by atoms with Gasteiger partial charge >= 0.3 is 5.97 Å². The maximum Gasteiger partial charge on any atom is 0.306 e. The highest BCUT2D eigenvalue weighted by Crippen LogP contribution is 2.39. The van der Waals surface area contributed by atoms with Gasteiger partial charge < -0.3 is 10.1 Å². The van der Waals surface area contributed by atoms with Crippen LogP contribution in [0.3, 0.4) is 0 Å². The van der Waals surface area contributed by atoms with E-state index in [1.54, 1.807) is 12.1 Å². The number of carbonyl (C=O) groups is 3. The van der Waals surface area contributed by atoms with Gasteiger partial charge in [0.15, 0.2) is 12.4 Å². The third kappa shape index (κ3) is 4.63. The minimum atomic E-state index is -0.417.